The van der Waals surface area contributed by atoms with Crippen molar-refractivity contribution in [2.75, 3.05) is 17.6 Å². The molecule has 4 N–H and O–H groups in total. The maximum absolute atomic E-state index is 9.97. The fraction of sp³-hybridized carbons (Fsp3) is 0.545. The molecular weight excluding hydrogens is 226 g/mol. The van der Waals surface area contributed by atoms with E-state index >= 15 is 0 Å². The van der Waals surface area contributed by atoms with E-state index in [9.17, 15) is 5.11 Å². The minimum absolute atomic E-state index is 0.381. The van der Waals surface area contributed by atoms with Crippen molar-refractivity contribution in [3.8, 4) is 0 Å². The molecule has 1 aromatic heterocycles. The van der Waals surface area contributed by atoms with Gasteiger partial charge in [-0.1, -0.05) is 24.9 Å². The van der Waals surface area contributed by atoms with Crippen LogP contribution in [-0.4, -0.2) is 22.2 Å². The molecule has 0 saturated heterocycles. The molecule has 4 nitrogen and oxygen atoms in total. The minimum Gasteiger partial charge on any atom is -0.396 e. The number of nitrogens with one attached hydrogen (secondary N) is 1. The lowest BCUT2D eigenvalue weighted by Crippen LogP contribution is -2.33. The van der Waals surface area contributed by atoms with Crippen molar-refractivity contribution in [1.29, 1.82) is 0 Å². The first-order valence-electron chi connectivity index (χ1n) is 5.33. The van der Waals surface area contributed by atoms with Crippen LogP contribution in [0.25, 0.3) is 0 Å². The van der Waals surface area contributed by atoms with Gasteiger partial charge in [-0.15, -0.1) is 0 Å². The van der Waals surface area contributed by atoms with Crippen molar-refractivity contribution in [3.63, 3.8) is 0 Å². The van der Waals surface area contributed by atoms with Crippen LogP contribution in [-0.2, 0) is 0 Å². The quantitative estimate of drug-likeness (QED) is 0.694. The molecular formula is C11H18ClN3O. The molecule has 0 bridgehead atoms. The van der Waals surface area contributed by atoms with Gasteiger partial charge in [-0.3, -0.25) is 0 Å². The first-order chi connectivity index (χ1) is 7.44. The van der Waals surface area contributed by atoms with Gasteiger partial charge in [0.1, 0.15) is 5.15 Å². The van der Waals surface area contributed by atoms with E-state index < -0.39 is 5.60 Å². The van der Waals surface area contributed by atoms with Crippen molar-refractivity contribution < 1.29 is 5.11 Å². The zero-order valence-electron chi connectivity index (χ0n) is 9.63. The molecule has 0 aromatic carbocycles. The van der Waals surface area contributed by atoms with Gasteiger partial charge in [-0.2, -0.15) is 0 Å². The third-order valence-corrected chi connectivity index (χ3v) is 2.53. The Balaban J connectivity index is 2.63. The summed E-state index contributed by atoms with van der Waals surface area (Å²) >= 11 is 5.76. The third kappa shape index (κ3) is 3.87. The SMILES string of the molecule is CCCC(C)(O)CNc1nc(Cl)ccc1N. The fourth-order valence-corrected chi connectivity index (χ4v) is 1.64. The monoisotopic (exact) mass is 243 g/mol. The van der Waals surface area contributed by atoms with Crippen LogP contribution in [0.2, 0.25) is 5.15 Å². The highest BCUT2D eigenvalue weighted by Gasteiger charge is 2.19. The lowest BCUT2D eigenvalue weighted by molar-refractivity contribution is 0.0636. The summed E-state index contributed by atoms with van der Waals surface area (Å²) in [6.07, 6.45) is 1.65. The first kappa shape index (κ1) is 13.1. The van der Waals surface area contributed by atoms with E-state index in [0.29, 0.717) is 23.2 Å². The number of aromatic nitrogens is 1. The Kier molecular flexibility index (Phi) is 4.38. The largest absolute Gasteiger partial charge is 0.396 e. The predicted molar refractivity (Wildman–Crippen MR) is 67.7 cm³/mol. The summed E-state index contributed by atoms with van der Waals surface area (Å²) < 4.78 is 0. The van der Waals surface area contributed by atoms with Crippen molar-refractivity contribution in [3.05, 3.63) is 17.3 Å². The van der Waals surface area contributed by atoms with E-state index in [1.165, 1.54) is 0 Å². The zero-order chi connectivity index (χ0) is 12.2. The van der Waals surface area contributed by atoms with Crippen LogP contribution in [0.4, 0.5) is 11.5 Å². The van der Waals surface area contributed by atoms with Crippen LogP contribution in [0, 0.1) is 0 Å². The second kappa shape index (κ2) is 5.37. The smallest absolute Gasteiger partial charge is 0.151 e. The number of pyridine rings is 1. The Bertz CT molecular complexity index is 355. The molecule has 0 aliphatic carbocycles. The van der Waals surface area contributed by atoms with Crippen molar-refractivity contribution in [1.82, 2.24) is 4.98 Å². The molecule has 1 heterocycles. The Labute approximate surface area is 101 Å². The molecule has 0 aliphatic rings. The summed E-state index contributed by atoms with van der Waals surface area (Å²) in [5, 5.41) is 13.4. The topological polar surface area (TPSA) is 71.2 Å². The Morgan fingerprint density at radius 2 is 2.25 bits per heavy atom. The molecule has 16 heavy (non-hydrogen) atoms. The van der Waals surface area contributed by atoms with Gasteiger partial charge in [0.25, 0.3) is 0 Å². The standard InChI is InChI=1S/C11H18ClN3O/c1-3-6-11(2,16)7-14-10-8(13)4-5-9(12)15-10/h4-5,16H,3,6-7,13H2,1-2H3,(H,14,15). The lowest BCUT2D eigenvalue weighted by atomic mass is 10.0. The number of aliphatic hydroxyl groups is 1. The first-order valence-corrected chi connectivity index (χ1v) is 5.70. The third-order valence-electron chi connectivity index (χ3n) is 2.32. The van der Waals surface area contributed by atoms with Gasteiger partial charge in [-0.05, 0) is 25.5 Å². The molecule has 1 aromatic rings. The fourth-order valence-electron chi connectivity index (χ4n) is 1.49. The van der Waals surface area contributed by atoms with Crippen LogP contribution in [0.5, 0.6) is 0 Å². The summed E-state index contributed by atoms with van der Waals surface area (Å²) in [7, 11) is 0. The average Bonchev–Trinajstić information content (AvgIpc) is 2.19. The van der Waals surface area contributed by atoms with Crippen LogP contribution >= 0.6 is 11.6 Å². The summed E-state index contributed by atoms with van der Waals surface area (Å²) in [5.41, 5.74) is 5.49. The number of halogens is 1. The number of nitrogen functional groups attached to an aromatic ring is 1. The Morgan fingerprint density at radius 1 is 1.56 bits per heavy atom. The number of nitrogens with zero attached hydrogens (tertiary/aromatic N) is 1. The normalized spacial score (nSPS) is 14.5. The predicted octanol–water partition coefficient (Wildman–Crippen LogP) is 2.28. The second-order valence-corrected chi connectivity index (χ2v) is 4.56. The maximum Gasteiger partial charge on any atom is 0.151 e. The summed E-state index contributed by atoms with van der Waals surface area (Å²) in [6, 6.07) is 3.32. The molecule has 0 fully saturated rings. The maximum atomic E-state index is 9.97. The van der Waals surface area contributed by atoms with Crippen LogP contribution in [0.15, 0.2) is 12.1 Å². The van der Waals surface area contributed by atoms with Gasteiger partial charge in [-0.25, -0.2) is 4.98 Å². The van der Waals surface area contributed by atoms with Crippen molar-refractivity contribution in [2.24, 2.45) is 0 Å². The molecule has 0 amide bonds. The van der Waals surface area contributed by atoms with Gasteiger partial charge in [0.2, 0.25) is 0 Å². The number of hydrogen-bond acceptors (Lipinski definition) is 4. The molecule has 0 aliphatic heterocycles. The van der Waals surface area contributed by atoms with E-state index in [2.05, 4.69) is 10.3 Å². The highest BCUT2D eigenvalue weighted by atomic mass is 35.5. The van der Waals surface area contributed by atoms with E-state index in [1.54, 1.807) is 19.1 Å². The van der Waals surface area contributed by atoms with Crippen molar-refractivity contribution >= 4 is 23.1 Å². The lowest BCUT2D eigenvalue weighted by Gasteiger charge is -2.23. The van der Waals surface area contributed by atoms with Gasteiger partial charge in [0.15, 0.2) is 5.82 Å². The summed E-state index contributed by atoms with van der Waals surface area (Å²) in [4.78, 5) is 4.05. The molecule has 1 unspecified atom stereocenters. The van der Waals surface area contributed by atoms with E-state index in [0.717, 1.165) is 12.8 Å². The minimum atomic E-state index is -0.759. The molecule has 0 saturated carbocycles. The van der Waals surface area contributed by atoms with Crippen LogP contribution in [0.3, 0.4) is 0 Å². The number of anilines is 2. The van der Waals surface area contributed by atoms with Gasteiger partial charge in [0.05, 0.1) is 11.3 Å². The van der Waals surface area contributed by atoms with E-state index in [1.807, 2.05) is 6.92 Å². The molecule has 90 valence electrons. The van der Waals surface area contributed by atoms with Crippen LogP contribution in [0.1, 0.15) is 26.7 Å². The molecule has 0 spiro atoms. The second-order valence-electron chi connectivity index (χ2n) is 4.17. The number of nitrogens with two attached hydrogens (primary N) is 1. The highest BCUT2D eigenvalue weighted by molar-refractivity contribution is 6.29. The average molecular weight is 244 g/mol. The van der Waals surface area contributed by atoms with Gasteiger partial charge >= 0.3 is 0 Å². The number of hydrogen-bond donors (Lipinski definition) is 3. The summed E-state index contributed by atoms with van der Waals surface area (Å²) in [5.74, 6) is 0.517. The molecule has 0 radical (unpaired) electrons. The summed E-state index contributed by atoms with van der Waals surface area (Å²) in [6.45, 7) is 4.21. The molecule has 1 rings (SSSR count). The molecule has 1 atom stereocenters. The van der Waals surface area contributed by atoms with Crippen LogP contribution < -0.4 is 11.1 Å². The van der Waals surface area contributed by atoms with Gasteiger partial charge in [0, 0.05) is 6.54 Å². The Hall–Kier alpha value is -1.00. The Morgan fingerprint density at radius 3 is 2.88 bits per heavy atom. The zero-order valence-corrected chi connectivity index (χ0v) is 10.4. The highest BCUT2D eigenvalue weighted by Crippen LogP contribution is 2.20. The van der Waals surface area contributed by atoms with E-state index in [4.69, 9.17) is 17.3 Å². The van der Waals surface area contributed by atoms with Gasteiger partial charge < -0.3 is 16.2 Å². The van der Waals surface area contributed by atoms with Crippen molar-refractivity contribution in [2.45, 2.75) is 32.3 Å². The van der Waals surface area contributed by atoms with E-state index in [-0.39, 0.29) is 0 Å². The number of rotatable bonds is 5. The molecule has 5 heteroatoms.